The van der Waals surface area contributed by atoms with Crippen LogP contribution in [0.3, 0.4) is 0 Å². The minimum absolute atomic E-state index is 0.110. The van der Waals surface area contributed by atoms with Gasteiger partial charge in [0.25, 0.3) is 5.24 Å². The molecule has 0 aromatic heterocycles. The molecule has 1 aliphatic heterocycles. The third-order valence-corrected chi connectivity index (χ3v) is 4.08. The van der Waals surface area contributed by atoms with Gasteiger partial charge in [0.1, 0.15) is 0 Å². The van der Waals surface area contributed by atoms with Gasteiger partial charge in [-0.05, 0) is 17.9 Å². The number of carbonyl (C=O) groups excluding carboxylic acids is 1. The van der Waals surface area contributed by atoms with Crippen molar-refractivity contribution in [1.82, 2.24) is 5.32 Å². The van der Waals surface area contributed by atoms with E-state index < -0.39 is 0 Å². The van der Waals surface area contributed by atoms with Crippen molar-refractivity contribution in [3.63, 3.8) is 0 Å². The van der Waals surface area contributed by atoms with Gasteiger partial charge in [-0.1, -0.05) is 55.9 Å². The first-order valence-electron chi connectivity index (χ1n) is 5.69. The van der Waals surface area contributed by atoms with Gasteiger partial charge in [-0.2, -0.15) is 0 Å². The summed E-state index contributed by atoms with van der Waals surface area (Å²) in [6.45, 7) is 4.31. The monoisotopic (exact) mass is 235 g/mol. The molecular weight excluding hydrogens is 218 g/mol. The summed E-state index contributed by atoms with van der Waals surface area (Å²) >= 11 is 1.41. The van der Waals surface area contributed by atoms with Gasteiger partial charge >= 0.3 is 0 Å². The highest BCUT2D eigenvalue weighted by Crippen LogP contribution is 2.38. The average molecular weight is 235 g/mol. The van der Waals surface area contributed by atoms with Crippen LogP contribution in [-0.4, -0.2) is 11.3 Å². The lowest BCUT2D eigenvalue weighted by Crippen LogP contribution is -2.41. The lowest BCUT2D eigenvalue weighted by atomic mass is 9.96. The van der Waals surface area contributed by atoms with Crippen molar-refractivity contribution in [2.45, 2.75) is 31.6 Å². The first-order valence-corrected chi connectivity index (χ1v) is 6.57. The number of rotatable bonds is 2. The molecule has 1 fully saturated rings. The third kappa shape index (κ3) is 2.59. The lowest BCUT2D eigenvalue weighted by molar-refractivity contribution is 0.249. The largest absolute Gasteiger partial charge is 0.344 e. The molecule has 0 unspecified atom stereocenters. The van der Waals surface area contributed by atoms with Gasteiger partial charge in [-0.15, -0.1) is 0 Å². The van der Waals surface area contributed by atoms with Gasteiger partial charge in [0, 0.05) is 11.3 Å². The Morgan fingerprint density at radius 3 is 2.62 bits per heavy atom. The van der Waals surface area contributed by atoms with E-state index in [9.17, 15) is 4.79 Å². The fourth-order valence-electron chi connectivity index (χ4n) is 1.96. The molecule has 1 heterocycles. The summed E-state index contributed by atoms with van der Waals surface area (Å²) in [4.78, 5) is 11.6. The molecule has 0 bridgehead atoms. The van der Waals surface area contributed by atoms with E-state index in [1.165, 1.54) is 17.3 Å². The Morgan fingerprint density at radius 1 is 1.31 bits per heavy atom. The molecule has 3 heteroatoms. The maximum atomic E-state index is 11.6. The number of amides is 1. The molecule has 1 aromatic carbocycles. The molecular formula is C13H17NOS. The Bertz CT molecular complexity index is 363. The van der Waals surface area contributed by atoms with Crippen molar-refractivity contribution in [1.29, 1.82) is 0 Å². The summed E-state index contributed by atoms with van der Waals surface area (Å²) in [6, 6.07) is 10.6. The second-order valence-corrected chi connectivity index (χ2v) is 5.71. The summed E-state index contributed by atoms with van der Waals surface area (Å²) in [7, 11) is 0. The molecule has 0 aliphatic carbocycles. The number of hydrogen-bond donors (Lipinski definition) is 1. The molecule has 2 nitrogen and oxygen atoms in total. The van der Waals surface area contributed by atoms with Crippen LogP contribution in [0.25, 0.3) is 0 Å². The predicted molar refractivity (Wildman–Crippen MR) is 68.5 cm³/mol. The minimum atomic E-state index is 0.110. The SMILES string of the molecule is CC(C)[C@@H]1C[C@H](c2ccccc2)SC(=O)N1. The van der Waals surface area contributed by atoms with Crippen LogP contribution in [0.5, 0.6) is 0 Å². The number of benzene rings is 1. The Kier molecular flexibility index (Phi) is 3.54. The summed E-state index contributed by atoms with van der Waals surface area (Å²) < 4.78 is 0. The standard InChI is InChI=1S/C13H17NOS/c1-9(2)11-8-12(16-13(15)14-11)10-6-4-3-5-7-10/h3-7,9,11-12H,8H2,1-2H3,(H,14,15)/t11-,12+/m0/s1. The van der Waals surface area contributed by atoms with Crippen molar-refractivity contribution in [2.75, 3.05) is 0 Å². The Hall–Kier alpha value is -0.960. The van der Waals surface area contributed by atoms with Crippen LogP contribution in [-0.2, 0) is 0 Å². The highest BCUT2D eigenvalue weighted by molar-refractivity contribution is 8.13. The minimum Gasteiger partial charge on any atom is -0.344 e. The smallest absolute Gasteiger partial charge is 0.279 e. The van der Waals surface area contributed by atoms with Crippen LogP contribution < -0.4 is 5.32 Å². The number of thioether (sulfide) groups is 1. The lowest BCUT2D eigenvalue weighted by Gasteiger charge is -2.31. The van der Waals surface area contributed by atoms with Crippen LogP contribution >= 0.6 is 11.8 Å². The van der Waals surface area contributed by atoms with Crippen LogP contribution in [0, 0.1) is 5.92 Å². The van der Waals surface area contributed by atoms with Crippen molar-refractivity contribution in [2.24, 2.45) is 5.92 Å². The molecule has 0 spiro atoms. The summed E-state index contributed by atoms with van der Waals surface area (Å²) in [5.41, 5.74) is 1.26. The van der Waals surface area contributed by atoms with E-state index in [0.717, 1.165) is 6.42 Å². The molecule has 1 aliphatic rings. The Balaban J connectivity index is 2.14. The maximum Gasteiger partial charge on any atom is 0.279 e. The third-order valence-electron chi connectivity index (χ3n) is 3.00. The van der Waals surface area contributed by atoms with E-state index in [2.05, 4.69) is 31.3 Å². The van der Waals surface area contributed by atoms with E-state index in [1.807, 2.05) is 18.2 Å². The van der Waals surface area contributed by atoms with Gasteiger partial charge in [-0.3, -0.25) is 4.79 Å². The zero-order valence-corrected chi connectivity index (χ0v) is 10.5. The summed E-state index contributed by atoms with van der Waals surface area (Å²) in [6.07, 6.45) is 1.03. The maximum absolute atomic E-state index is 11.6. The van der Waals surface area contributed by atoms with Crippen molar-refractivity contribution in [3.8, 4) is 0 Å². The molecule has 0 saturated carbocycles. The molecule has 2 atom stereocenters. The zero-order valence-electron chi connectivity index (χ0n) is 9.64. The normalized spacial score (nSPS) is 25.6. The second-order valence-electron chi connectivity index (χ2n) is 4.54. The molecule has 86 valence electrons. The van der Waals surface area contributed by atoms with Crippen LogP contribution in [0.1, 0.15) is 31.1 Å². The molecule has 1 saturated heterocycles. The number of hydrogen-bond acceptors (Lipinski definition) is 2. The van der Waals surface area contributed by atoms with Gasteiger partial charge in [-0.25, -0.2) is 0 Å². The molecule has 0 radical (unpaired) electrons. The van der Waals surface area contributed by atoms with Crippen LogP contribution in [0.4, 0.5) is 4.79 Å². The van der Waals surface area contributed by atoms with E-state index in [-0.39, 0.29) is 5.24 Å². The van der Waals surface area contributed by atoms with E-state index in [1.54, 1.807) is 0 Å². The number of carbonyl (C=O) groups is 1. The highest BCUT2D eigenvalue weighted by atomic mass is 32.2. The fourth-order valence-corrected chi connectivity index (χ4v) is 3.04. The van der Waals surface area contributed by atoms with Crippen molar-refractivity contribution < 1.29 is 4.79 Å². The van der Waals surface area contributed by atoms with Gasteiger partial charge in [0.2, 0.25) is 0 Å². The van der Waals surface area contributed by atoms with Crippen molar-refractivity contribution in [3.05, 3.63) is 35.9 Å². The van der Waals surface area contributed by atoms with Gasteiger partial charge < -0.3 is 5.32 Å². The van der Waals surface area contributed by atoms with E-state index >= 15 is 0 Å². The average Bonchev–Trinajstić information content (AvgIpc) is 2.29. The van der Waals surface area contributed by atoms with Gasteiger partial charge in [0.05, 0.1) is 0 Å². The number of nitrogens with one attached hydrogen (secondary N) is 1. The Morgan fingerprint density at radius 2 is 2.00 bits per heavy atom. The highest BCUT2D eigenvalue weighted by Gasteiger charge is 2.29. The first kappa shape index (κ1) is 11.5. The van der Waals surface area contributed by atoms with Gasteiger partial charge in [0.15, 0.2) is 0 Å². The van der Waals surface area contributed by atoms with E-state index in [0.29, 0.717) is 17.2 Å². The molecule has 2 rings (SSSR count). The quantitative estimate of drug-likeness (QED) is 0.848. The second kappa shape index (κ2) is 4.91. The molecule has 1 amide bonds. The topological polar surface area (TPSA) is 29.1 Å². The first-order chi connectivity index (χ1) is 7.66. The van der Waals surface area contributed by atoms with Crippen LogP contribution in [0.2, 0.25) is 0 Å². The fraction of sp³-hybridized carbons (Fsp3) is 0.462. The molecule has 1 N–H and O–H groups in total. The predicted octanol–water partition coefficient (Wildman–Crippen LogP) is 3.60. The Labute approximate surface area is 101 Å². The summed E-state index contributed by atoms with van der Waals surface area (Å²) in [5, 5.41) is 3.46. The summed E-state index contributed by atoms with van der Waals surface area (Å²) in [5.74, 6) is 0.496. The van der Waals surface area contributed by atoms with E-state index in [4.69, 9.17) is 0 Å². The van der Waals surface area contributed by atoms with Crippen molar-refractivity contribution >= 4 is 17.0 Å². The zero-order chi connectivity index (χ0) is 11.5. The molecule has 16 heavy (non-hydrogen) atoms. The van der Waals surface area contributed by atoms with Crippen LogP contribution in [0.15, 0.2) is 30.3 Å². The molecule has 1 aromatic rings.